The second kappa shape index (κ2) is 20.0. The summed E-state index contributed by atoms with van der Waals surface area (Å²) in [6.07, 6.45) is 1.32. The average molecular weight is 826 g/mol. The van der Waals surface area contributed by atoms with E-state index in [4.69, 9.17) is 4.74 Å². The highest BCUT2D eigenvalue weighted by atomic mass is 32.1. The third-order valence-electron chi connectivity index (χ3n) is 10.4. The quantitative estimate of drug-likeness (QED) is 0.120. The molecule has 0 unspecified atom stereocenters. The smallest absolute Gasteiger partial charge is 0.319 e. The number of ether oxygens (including phenoxy) is 1. The first kappa shape index (κ1) is 42.4. The number of carbonyl (C=O) groups is 6. The Balaban J connectivity index is 1.00. The molecule has 0 spiro atoms. The van der Waals surface area contributed by atoms with Crippen LogP contribution in [-0.4, -0.2) is 121 Å². The van der Waals surface area contributed by atoms with Crippen LogP contribution in [0.3, 0.4) is 0 Å². The van der Waals surface area contributed by atoms with Gasteiger partial charge in [0.1, 0.15) is 29.7 Å². The van der Waals surface area contributed by atoms with Gasteiger partial charge in [-0.2, -0.15) is 4.37 Å². The zero-order valence-corrected chi connectivity index (χ0v) is 34.3. The second-order valence-electron chi connectivity index (χ2n) is 14.9. The van der Waals surface area contributed by atoms with Gasteiger partial charge >= 0.3 is 6.03 Å². The van der Waals surface area contributed by atoms with E-state index < -0.39 is 55.0 Å². The molecule has 5 N–H and O–H groups in total. The second-order valence-corrected chi connectivity index (χ2v) is 15.7. The molecule has 2 aliphatic heterocycles. The number of carbonyl (C=O) groups excluding carboxylic acids is 6. The molecular weight excluding hydrogens is 775 g/mol. The maximum Gasteiger partial charge on any atom is 0.319 e. The number of nitrogens with one attached hydrogen (secondary N) is 5. The van der Waals surface area contributed by atoms with Gasteiger partial charge in [-0.15, -0.1) is 0 Å². The molecule has 0 aliphatic carbocycles. The molecule has 0 radical (unpaired) electrons. The van der Waals surface area contributed by atoms with Gasteiger partial charge in [0.2, 0.25) is 29.5 Å². The Labute approximate surface area is 347 Å². The minimum absolute atomic E-state index is 0.0982. The van der Waals surface area contributed by atoms with Gasteiger partial charge in [0.05, 0.1) is 24.9 Å². The third kappa shape index (κ3) is 11.0. The minimum Gasteiger partial charge on any atom is -0.497 e. The van der Waals surface area contributed by atoms with Gasteiger partial charge in [-0.25, -0.2) is 4.79 Å². The Bertz CT molecular complexity index is 2120. The van der Waals surface area contributed by atoms with Gasteiger partial charge in [0, 0.05) is 56.3 Å². The van der Waals surface area contributed by atoms with Crippen LogP contribution in [-0.2, 0) is 30.4 Å². The number of rotatable bonds is 15. The van der Waals surface area contributed by atoms with Gasteiger partial charge in [-0.3, -0.25) is 24.0 Å². The summed E-state index contributed by atoms with van der Waals surface area (Å²) >= 11 is 1.46. The lowest BCUT2D eigenvalue weighted by Crippen LogP contribution is -2.58. The van der Waals surface area contributed by atoms with E-state index in [9.17, 15) is 28.8 Å². The molecule has 2 fully saturated rings. The SMILES string of the molecule is COc1cccc(NC(=O)NCC(=O)N[C@@H](Cc2ccccc2)C(=O)NCC(=O)N[C@H](C(=O)N2CCC[C@H]2C(=O)N2CCN(c3nsc4ccccc34)CC2)C(C)C)c1. The average Bonchev–Trinajstić information content (AvgIpc) is 3.92. The Kier molecular flexibility index (Phi) is 14.3. The number of fused-ring (bicyclic) bond motifs is 1. The van der Waals surface area contributed by atoms with Crippen molar-refractivity contribution < 1.29 is 33.5 Å². The van der Waals surface area contributed by atoms with Gasteiger partial charge in [-0.05, 0) is 60.1 Å². The zero-order chi connectivity index (χ0) is 41.9. The highest BCUT2D eigenvalue weighted by Crippen LogP contribution is 2.30. The number of methoxy groups -OCH3 is 1. The minimum atomic E-state index is -1.08. The molecule has 3 atom stereocenters. The third-order valence-corrected chi connectivity index (χ3v) is 11.2. The van der Waals surface area contributed by atoms with E-state index >= 15 is 0 Å². The zero-order valence-electron chi connectivity index (χ0n) is 33.4. The van der Waals surface area contributed by atoms with Crippen LogP contribution in [0.25, 0.3) is 10.1 Å². The molecule has 16 nitrogen and oxygen atoms in total. The molecule has 4 aromatic rings. The Morgan fingerprint density at radius 3 is 2.29 bits per heavy atom. The molecule has 3 aromatic carbocycles. The lowest BCUT2D eigenvalue weighted by atomic mass is 10.0. The molecular formula is C42H51N9O7S. The Hall–Kier alpha value is -6.23. The molecule has 2 aliphatic rings. The van der Waals surface area contributed by atoms with Crippen molar-refractivity contribution in [3.05, 3.63) is 84.4 Å². The fourth-order valence-electron chi connectivity index (χ4n) is 7.29. The van der Waals surface area contributed by atoms with E-state index in [1.807, 2.05) is 43.0 Å². The molecule has 312 valence electrons. The van der Waals surface area contributed by atoms with Crippen molar-refractivity contribution in [1.82, 2.24) is 35.4 Å². The Morgan fingerprint density at radius 2 is 1.54 bits per heavy atom. The largest absolute Gasteiger partial charge is 0.497 e. The summed E-state index contributed by atoms with van der Waals surface area (Å²) in [5.41, 5.74) is 1.22. The van der Waals surface area contributed by atoms with E-state index in [0.29, 0.717) is 57.0 Å². The highest BCUT2D eigenvalue weighted by molar-refractivity contribution is 7.13. The number of urea groups is 1. The fourth-order valence-corrected chi connectivity index (χ4v) is 8.08. The lowest BCUT2D eigenvalue weighted by molar-refractivity contribution is -0.146. The summed E-state index contributed by atoms with van der Waals surface area (Å²) in [7, 11) is 1.51. The summed E-state index contributed by atoms with van der Waals surface area (Å²) in [6.45, 7) is 5.42. The van der Waals surface area contributed by atoms with Crippen LogP contribution < -0.4 is 36.2 Å². The van der Waals surface area contributed by atoms with Gasteiger partial charge < -0.3 is 46.0 Å². The molecule has 0 saturated carbocycles. The monoisotopic (exact) mass is 825 g/mol. The van der Waals surface area contributed by atoms with E-state index in [1.165, 1.54) is 18.6 Å². The maximum atomic E-state index is 14.0. The van der Waals surface area contributed by atoms with Crippen molar-refractivity contribution in [3.63, 3.8) is 0 Å². The Morgan fingerprint density at radius 1 is 0.831 bits per heavy atom. The van der Waals surface area contributed by atoms with Crippen LogP contribution in [0.4, 0.5) is 16.3 Å². The summed E-state index contributed by atoms with van der Waals surface area (Å²) < 4.78 is 10.9. The first-order chi connectivity index (χ1) is 28.5. The number of amides is 7. The van der Waals surface area contributed by atoms with Crippen LogP contribution in [0.15, 0.2) is 78.9 Å². The molecule has 59 heavy (non-hydrogen) atoms. The first-order valence-corrected chi connectivity index (χ1v) is 20.6. The predicted molar refractivity (Wildman–Crippen MR) is 225 cm³/mol. The standard InChI is InChI=1S/C42H51N9O7S/c1-27(2)37(41(56)51-18-10-16-33(51)40(55)50-21-19-49(20-22-50)38-31-15-7-8-17-34(31)59-48-38)47-36(53)25-43-39(54)32(23-28-11-5-4-6-12-28)46-35(52)26-44-42(57)45-29-13-9-14-30(24-29)58-3/h4-9,11-15,17,24,27,32-33,37H,10,16,18-23,25-26H2,1-3H3,(H,43,54)(H,46,52)(H,47,53)(H2,44,45,57)/t32-,33-,37-/m0/s1. The number of hydrogen-bond donors (Lipinski definition) is 5. The number of aromatic nitrogens is 1. The van der Waals surface area contributed by atoms with Crippen molar-refractivity contribution in [2.45, 2.75) is 51.2 Å². The number of benzene rings is 3. The van der Waals surface area contributed by atoms with Crippen LogP contribution >= 0.6 is 11.5 Å². The number of hydrogen-bond acceptors (Lipinski definition) is 10. The predicted octanol–water partition coefficient (Wildman–Crippen LogP) is 2.75. The molecule has 2 saturated heterocycles. The molecule has 1 aromatic heterocycles. The normalized spacial score (nSPS) is 16.3. The van der Waals surface area contributed by atoms with Crippen molar-refractivity contribution >= 4 is 68.7 Å². The summed E-state index contributed by atoms with van der Waals surface area (Å²) in [5, 5.41) is 14.2. The van der Waals surface area contributed by atoms with Crippen LogP contribution in [0.2, 0.25) is 0 Å². The highest BCUT2D eigenvalue weighted by Gasteiger charge is 2.41. The maximum absolute atomic E-state index is 14.0. The molecule has 0 bridgehead atoms. The lowest BCUT2D eigenvalue weighted by Gasteiger charge is -2.38. The number of piperazine rings is 1. The van der Waals surface area contributed by atoms with Gasteiger partial charge in [0.25, 0.3) is 0 Å². The van der Waals surface area contributed by atoms with Crippen molar-refractivity contribution in [1.29, 1.82) is 0 Å². The van der Waals surface area contributed by atoms with Crippen molar-refractivity contribution in [2.24, 2.45) is 5.92 Å². The van der Waals surface area contributed by atoms with Gasteiger partial charge in [0.15, 0.2) is 0 Å². The van der Waals surface area contributed by atoms with Crippen LogP contribution in [0.1, 0.15) is 32.3 Å². The van der Waals surface area contributed by atoms with Crippen LogP contribution in [0.5, 0.6) is 5.75 Å². The molecule has 7 amide bonds. The van der Waals surface area contributed by atoms with Crippen molar-refractivity contribution in [2.75, 3.05) is 63.1 Å². The van der Waals surface area contributed by atoms with Crippen molar-refractivity contribution in [3.8, 4) is 5.75 Å². The molecule has 3 heterocycles. The summed E-state index contributed by atoms with van der Waals surface area (Å²) in [4.78, 5) is 85.6. The van der Waals surface area contributed by atoms with Gasteiger partial charge in [-0.1, -0.05) is 62.4 Å². The van der Waals surface area contributed by atoms with E-state index in [1.54, 1.807) is 53.4 Å². The summed E-state index contributed by atoms with van der Waals surface area (Å²) in [6, 6.07) is 20.6. The summed E-state index contributed by atoms with van der Waals surface area (Å²) in [5.74, 6) is -1.13. The van der Waals surface area contributed by atoms with E-state index in [-0.39, 0.29) is 24.2 Å². The fraction of sp³-hybridized carbons (Fsp3) is 0.405. The number of nitrogens with zero attached hydrogens (tertiary/aromatic N) is 4. The number of likely N-dealkylation sites (tertiary alicyclic amines) is 1. The van der Waals surface area contributed by atoms with E-state index in [2.05, 4.69) is 41.9 Å². The van der Waals surface area contributed by atoms with E-state index in [0.717, 1.165) is 21.5 Å². The number of anilines is 2. The molecule has 6 rings (SSSR count). The molecule has 17 heteroatoms. The topological polar surface area (TPSA) is 194 Å². The van der Waals surface area contributed by atoms with Crippen LogP contribution in [0, 0.1) is 5.92 Å². The first-order valence-electron chi connectivity index (χ1n) is 19.8.